The van der Waals surface area contributed by atoms with Crippen molar-refractivity contribution in [1.29, 1.82) is 0 Å². The van der Waals surface area contributed by atoms with Gasteiger partial charge in [-0.1, -0.05) is 24.3 Å². The second-order valence-corrected chi connectivity index (χ2v) is 4.82. The van der Waals surface area contributed by atoms with E-state index in [-0.39, 0.29) is 17.8 Å². The Labute approximate surface area is 117 Å². The number of carbonyl (C=O) groups is 1. The molecule has 1 amide bonds. The van der Waals surface area contributed by atoms with E-state index >= 15 is 0 Å². The van der Waals surface area contributed by atoms with Crippen LogP contribution in [-0.4, -0.2) is 25.2 Å². The molecule has 0 radical (unpaired) electrons. The zero-order valence-electron chi connectivity index (χ0n) is 11.7. The summed E-state index contributed by atoms with van der Waals surface area (Å²) in [6, 6.07) is 9.80. The second kappa shape index (κ2) is 6.48. The van der Waals surface area contributed by atoms with Crippen LogP contribution < -0.4 is 5.32 Å². The number of amides is 1. The van der Waals surface area contributed by atoms with Crippen LogP contribution in [0.4, 0.5) is 4.39 Å². The van der Waals surface area contributed by atoms with E-state index in [0.717, 1.165) is 0 Å². The predicted molar refractivity (Wildman–Crippen MR) is 77.3 cm³/mol. The van der Waals surface area contributed by atoms with Crippen molar-refractivity contribution in [3.63, 3.8) is 0 Å². The molecule has 2 aromatic carbocycles. The molecule has 3 nitrogen and oxygen atoms in total. The van der Waals surface area contributed by atoms with Gasteiger partial charge in [-0.3, -0.25) is 4.79 Å². The number of carbonyl (C=O) groups excluding carboxylic acids is 1. The first-order valence-electron chi connectivity index (χ1n) is 6.66. The van der Waals surface area contributed by atoms with E-state index in [1.165, 1.54) is 12.1 Å². The summed E-state index contributed by atoms with van der Waals surface area (Å²) in [7, 11) is 0. The molecular formula is C16H18FNO2. The fourth-order valence-corrected chi connectivity index (χ4v) is 2.01. The van der Waals surface area contributed by atoms with Crippen LogP contribution in [0.25, 0.3) is 10.8 Å². The van der Waals surface area contributed by atoms with E-state index in [0.29, 0.717) is 29.5 Å². The van der Waals surface area contributed by atoms with E-state index in [1.54, 1.807) is 24.3 Å². The predicted octanol–water partition coefficient (Wildman–Crippen LogP) is 3.13. The fraction of sp³-hybridized carbons (Fsp3) is 0.312. The third-order valence-corrected chi connectivity index (χ3v) is 2.95. The Hall–Kier alpha value is -1.94. The maximum Gasteiger partial charge on any atom is 0.251 e. The smallest absolute Gasteiger partial charge is 0.251 e. The summed E-state index contributed by atoms with van der Waals surface area (Å²) in [4.78, 5) is 12.1. The van der Waals surface area contributed by atoms with E-state index < -0.39 is 0 Å². The molecule has 2 rings (SSSR count). The van der Waals surface area contributed by atoms with Gasteiger partial charge in [-0.05, 0) is 31.4 Å². The fourth-order valence-electron chi connectivity index (χ4n) is 2.01. The van der Waals surface area contributed by atoms with Crippen molar-refractivity contribution in [3.8, 4) is 0 Å². The molecule has 0 saturated carbocycles. The van der Waals surface area contributed by atoms with Gasteiger partial charge in [0.1, 0.15) is 5.82 Å². The quantitative estimate of drug-likeness (QED) is 0.851. The normalized spacial score (nSPS) is 11.0. The summed E-state index contributed by atoms with van der Waals surface area (Å²) in [5.74, 6) is -0.533. The monoisotopic (exact) mass is 275 g/mol. The summed E-state index contributed by atoms with van der Waals surface area (Å²) in [6.45, 7) is 4.77. The number of fused-ring (bicyclic) bond motifs is 1. The highest BCUT2D eigenvalue weighted by atomic mass is 19.1. The van der Waals surface area contributed by atoms with Crippen molar-refractivity contribution >= 4 is 16.7 Å². The van der Waals surface area contributed by atoms with E-state index in [9.17, 15) is 9.18 Å². The summed E-state index contributed by atoms with van der Waals surface area (Å²) >= 11 is 0. The lowest BCUT2D eigenvalue weighted by Gasteiger charge is -2.10. The summed E-state index contributed by atoms with van der Waals surface area (Å²) in [5, 5.41) is 3.86. The minimum absolute atomic E-state index is 0.138. The molecular weight excluding hydrogens is 257 g/mol. The topological polar surface area (TPSA) is 38.3 Å². The van der Waals surface area contributed by atoms with Crippen molar-refractivity contribution in [2.24, 2.45) is 0 Å². The number of hydrogen-bond acceptors (Lipinski definition) is 2. The lowest BCUT2D eigenvalue weighted by atomic mass is 10.0. The first kappa shape index (κ1) is 14.5. The van der Waals surface area contributed by atoms with Crippen molar-refractivity contribution in [3.05, 3.63) is 47.8 Å². The molecule has 0 unspecified atom stereocenters. The molecule has 106 valence electrons. The minimum Gasteiger partial charge on any atom is -0.377 e. The molecule has 0 heterocycles. The van der Waals surface area contributed by atoms with Gasteiger partial charge in [0.25, 0.3) is 5.91 Å². The van der Waals surface area contributed by atoms with Crippen LogP contribution in [0.15, 0.2) is 36.4 Å². The summed E-state index contributed by atoms with van der Waals surface area (Å²) < 4.78 is 19.0. The van der Waals surface area contributed by atoms with Gasteiger partial charge in [0.2, 0.25) is 0 Å². The molecule has 0 aliphatic heterocycles. The van der Waals surface area contributed by atoms with E-state index in [1.807, 2.05) is 13.8 Å². The van der Waals surface area contributed by atoms with Crippen LogP contribution in [0.5, 0.6) is 0 Å². The van der Waals surface area contributed by atoms with Crippen molar-refractivity contribution in [2.75, 3.05) is 13.2 Å². The lowest BCUT2D eigenvalue weighted by molar-refractivity contribution is 0.0747. The zero-order chi connectivity index (χ0) is 14.5. The second-order valence-electron chi connectivity index (χ2n) is 4.82. The third kappa shape index (κ3) is 3.33. The highest BCUT2D eigenvalue weighted by molar-refractivity contribution is 6.07. The molecule has 0 spiro atoms. The molecule has 0 bridgehead atoms. The van der Waals surface area contributed by atoms with Gasteiger partial charge < -0.3 is 10.1 Å². The van der Waals surface area contributed by atoms with Crippen molar-refractivity contribution in [2.45, 2.75) is 20.0 Å². The maximum absolute atomic E-state index is 13.7. The molecule has 0 fully saturated rings. The van der Waals surface area contributed by atoms with Crippen LogP contribution in [0.3, 0.4) is 0 Å². The molecule has 0 aromatic heterocycles. The van der Waals surface area contributed by atoms with Gasteiger partial charge in [-0.15, -0.1) is 0 Å². The molecule has 0 atom stereocenters. The average Bonchev–Trinajstić information content (AvgIpc) is 2.44. The number of benzene rings is 2. The standard InChI is InChI=1S/C16H18FNO2/c1-11(2)20-10-9-18-16(19)14-7-8-15(17)13-6-4-3-5-12(13)14/h3-8,11H,9-10H2,1-2H3,(H,18,19). The van der Waals surface area contributed by atoms with Crippen LogP contribution in [-0.2, 0) is 4.74 Å². The van der Waals surface area contributed by atoms with Crippen LogP contribution in [0, 0.1) is 5.82 Å². The highest BCUT2D eigenvalue weighted by Crippen LogP contribution is 2.21. The van der Waals surface area contributed by atoms with Crippen LogP contribution >= 0.6 is 0 Å². The SMILES string of the molecule is CC(C)OCCNC(=O)c1ccc(F)c2ccccc12. The molecule has 0 aliphatic carbocycles. The lowest BCUT2D eigenvalue weighted by Crippen LogP contribution is -2.28. The maximum atomic E-state index is 13.7. The largest absolute Gasteiger partial charge is 0.377 e. The number of hydrogen-bond donors (Lipinski definition) is 1. The number of halogens is 1. The third-order valence-electron chi connectivity index (χ3n) is 2.95. The van der Waals surface area contributed by atoms with E-state index in [4.69, 9.17) is 4.74 Å². The number of nitrogens with one attached hydrogen (secondary N) is 1. The van der Waals surface area contributed by atoms with Gasteiger partial charge in [-0.25, -0.2) is 4.39 Å². The summed E-state index contributed by atoms with van der Waals surface area (Å²) in [6.07, 6.45) is 0.138. The van der Waals surface area contributed by atoms with Crippen molar-refractivity contribution < 1.29 is 13.9 Å². The Bertz CT molecular complexity index is 610. The molecule has 0 saturated heterocycles. The molecule has 20 heavy (non-hydrogen) atoms. The zero-order valence-corrected chi connectivity index (χ0v) is 11.7. The van der Waals surface area contributed by atoms with E-state index in [2.05, 4.69) is 5.32 Å². The molecule has 1 N–H and O–H groups in total. The number of ether oxygens (including phenoxy) is 1. The Balaban J connectivity index is 2.12. The molecule has 0 aliphatic rings. The van der Waals surface area contributed by atoms with Gasteiger partial charge in [-0.2, -0.15) is 0 Å². The average molecular weight is 275 g/mol. The highest BCUT2D eigenvalue weighted by Gasteiger charge is 2.11. The molecule has 2 aromatic rings. The van der Waals surface area contributed by atoms with Gasteiger partial charge in [0.05, 0.1) is 12.7 Å². The van der Waals surface area contributed by atoms with Crippen LogP contribution in [0.1, 0.15) is 24.2 Å². The minimum atomic E-state index is -0.319. The Kier molecular flexibility index (Phi) is 4.69. The Morgan fingerprint density at radius 1 is 1.20 bits per heavy atom. The Morgan fingerprint density at radius 3 is 2.60 bits per heavy atom. The van der Waals surface area contributed by atoms with Gasteiger partial charge in [0.15, 0.2) is 0 Å². The van der Waals surface area contributed by atoms with Gasteiger partial charge >= 0.3 is 0 Å². The van der Waals surface area contributed by atoms with Crippen LogP contribution in [0.2, 0.25) is 0 Å². The summed E-state index contributed by atoms with van der Waals surface area (Å²) in [5.41, 5.74) is 0.478. The van der Waals surface area contributed by atoms with Crippen molar-refractivity contribution in [1.82, 2.24) is 5.32 Å². The number of rotatable bonds is 5. The first-order valence-corrected chi connectivity index (χ1v) is 6.66. The van der Waals surface area contributed by atoms with Gasteiger partial charge in [0, 0.05) is 17.5 Å². The Morgan fingerprint density at radius 2 is 1.90 bits per heavy atom. The first-order chi connectivity index (χ1) is 9.59. The molecule has 4 heteroatoms.